The number of anilines is 1. The summed E-state index contributed by atoms with van der Waals surface area (Å²) in [5.41, 5.74) is 7.07. The number of nitrogens with two attached hydrogens (primary N) is 1. The summed E-state index contributed by atoms with van der Waals surface area (Å²) in [5, 5.41) is 3.52. The quantitative estimate of drug-likeness (QED) is 0.824. The van der Waals surface area contributed by atoms with Gasteiger partial charge in [-0.15, -0.1) is 0 Å². The molecule has 0 radical (unpaired) electrons. The van der Waals surface area contributed by atoms with Crippen LogP contribution in [0.15, 0.2) is 24.3 Å². The molecule has 1 aliphatic carbocycles. The first kappa shape index (κ1) is 10.2. The largest absolute Gasteiger partial charge is 0.382 e. The highest BCUT2D eigenvalue weighted by atomic mass is 127. The molecule has 0 amide bonds. The smallest absolute Gasteiger partial charge is 0.0343 e. The molecule has 2 rings (SSSR count). The van der Waals surface area contributed by atoms with Crippen LogP contribution >= 0.6 is 22.6 Å². The lowest BCUT2D eigenvalue weighted by Gasteiger charge is -2.13. The van der Waals surface area contributed by atoms with Crippen LogP contribution in [0.3, 0.4) is 0 Å². The summed E-state index contributed by atoms with van der Waals surface area (Å²) in [6, 6.07) is 9.48. The van der Waals surface area contributed by atoms with Crippen molar-refractivity contribution in [1.82, 2.24) is 0 Å². The SMILES string of the molecule is NC1CCC(Nc2ccc(I)cc2)C1. The molecule has 2 nitrogen and oxygen atoms in total. The number of rotatable bonds is 2. The summed E-state index contributed by atoms with van der Waals surface area (Å²) < 4.78 is 1.27. The molecular weight excluding hydrogens is 287 g/mol. The van der Waals surface area contributed by atoms with E-state index in [9.17, 15) is 0 Å². The molecule has 0 heterocycles. The zero-order valence-electron chi connectivity index (χ0n) is 8.04. The van der Waals surface area contributed by atoms with Crippen molar-refractivity contribution in [2.45, 2.75) is 31.3 Å². The van der Waals surface area contributed by atoms with Crippen LogP contribution in [0, 0.1) is 3.57 Å². The Hall–Kier alpha value is -0.290. The summed E-state index contributed by atoms with van der Waals surface area (Å²) >= 11 is 2.32. The van der Waals surface area contributed by atoms with Crippen molar-refractivity contribution in [3.63, 3.8) is 0 Å². The minimum Gasteiger partial charge on any atom is -0.382 e. The van der Waals surface area contributed by atoms with Gasteiger partial charge in [0.15, 0.2) is 0 Å². The van der Waals surface area contributed by atoms with Crippen LogP contribution < -0.4 is 11.1 Å². The number of halogens is 1. The van der Waals surface area contributed by atoms with Crippen molar-refractivity contribution in [3.8, 4) is 0 Å². The van der Waals surface area contributed by atoms with Gasteiger partial charge in [-0.2, -0.15) is 0 Å². The van der Waals surface area contributed by atoms with Gasteiger partial charge in [0.1, 0.15) is 0 Å². The van der Waals surface area contributed by atoms with Crippen molar-refractivity contribution in [1.29, 1.82) is 0 Å². The van der Waals surface area contributed by atoms with E-state index in [-0.39, 0.29) is 0 Å². The molecule has 0 bridgehead atoms. The molecule has 0 aliphatic heterocycles. The predicted molar refractivity (Wildman–Crippen MR) is 68.4 cm³/mol. The molecule has 1 aliphatic rings. The first-order chi connectivity index (χ1) is 6.74. The first-order valence-corrected chi connectivity index (χ1v) is 6.09. The Bertz CT molecular complexity index is 297. The highest BCUT2D eigenvalue weighted by Crippen LogP contribution is 2.22. The Morgan fingerprint density at radius 2 is 1.93 bits per heavy atom. The van der Waals surface area contributed by atoms with Gasteiger partial charge in [0.25, 0.3) is 0 Å². The molecule has 2 atom stereocenters. The maximum absolute atomic E-state index is 5.86. The van der Waals surface area contributed by atoms with Gasteiger partial charge in [-0.3, -0.25) is 0 Å². The van der Waals surface area contributed by atoms with Crippen LogP contribution in [0.2, 0.25) is 0 Å². The molecule has 2 unspecified atom stereocenters. The number of hydrogen-bond donors (Lipinski definition) is 2. The zero-order valence-corrected chi connectivity index (χ0v) is 10.2. The van der Waals surface area contributed by atoms with Crippen molar-refractivity contribution in [2.24, 2.45) is 5.73 Å². The van der Waals surface area contributed by atoms with E-state index in [1.54, 1.807) is 0 Å². The monoisotopic (exact) mass is 302 g/mol. The van der Waals surface area contributed by atoms with Crippen LogP contribution in [0.4, 0.5) is 5.69 Å². The molecule has 0 saturated heterocycles. The van der Waals surface area contributed by atoms with Gasteiger partial charge in [0.2, 0.25) is 0 Å². The van der Waals surface area contributed by atoms with Crippen LogP contribution in [0.5, 0.6) is 0 Å². The molecule has 0 spiro atoms. The molecular formula is C11H15IN2. The predicted octanol–water partition coefficient (Wildman–Crippen LogP) is 2.58. The summed E-state index contributed by atoms with van der Waals surface area (Å²) in [6.45, 7) is 0. The molecule has 0 aromatic heterocycles. The van der Waals surface area contributed by atoms with Gasteiger partial charge in [-0.05, 0) is 66.1 Å². The number of benzene rings is 1. The third-order valence-electron chi connectivity index (χ3n) is 2.69. The average Bonchev–Trinajstić information content (AvgIpc) is 2.56. The number of nitrogens with one attached hydrogen (secondary N) is 1. The van der Waals surface area contributed by atoms with Crippen molar-refractivity contribution in [2.75, 3.05) is 5.32 Å². The first-order valence-electron chi connectivity index (χ1n) is 5.02. The van der Waals surface area contributed by atoms with Crippen molar-refractivity contribution < 1.29 is 0 Å². The Morgan fingerprint density at radius 3 is 2.50 bits per heavy atom. The second kappa shape index (κ2) is 4.49. The highest BCUT2D eigenvalue weighted by molar-refractivity contribution is 14.1. The molecule has 1 fully saturated rings. The lowest BCUT2D eigenvalue weighted by molar-refractivity contribution is 0.688. The molecule has 1 saturated carbocycles. The zero-order chi connectivity index (χ0) is 9.97. The molecule has 1 aromatic rings. The Kier molecular flexibility index (Phi) is 3.28. The second-order valence-electron chi connectivity index (χ2n) is 3.92. The van der Waals surface area contributed by atoms with E-state index in [0.29, 0.717) is 12.1 Å². The van der Waals surface area contributed by atoms with Crippen LogP contribution in [-0.4, -0.2) is 12.1 Å². The van der Waals surface area contributed by atoms with E-state index in [2.05, 4.69) is 52.2 Å². The lowest BCUT2D eigenvalue weighted by atomic mass is 10.2. The Labute approximate surface area is 98.4 Å². The van der Waals surface area contributed by atoms with E-state index in [4.69, 9.17) is 5.73 Å². The summed E-state index contributed by atoms with van der Waals surface area (Å²) in [6.07, 6.45) is 3.46. The van der Waals surface area contributed by atoms with Gasteiger partial charge in [0, 0.05) is 21.3 Å². The van der Waals surface area contributed by atoms with Crippen LogP contribution in [-0.2, 0) is 0 Å². The highest BCUT2D eigenvalue weighted by Gasteiger charge is 2.20. The van der Waals surface area contributed by atoms with Crippen molar-refractivity contribution in [3.05, 3.63) is 27.8 Å². The minimum absolute atomic E-state index is 0.399. The normalized spacial score (nSPS) is 26.4. The average molecular weight is 302 g/mol. The summed E-state index contributed by atoms with van der Waals surface area (Å²) in [5.74, 6) is 0. The van der Waals surface area contributed by atoms with Crippen LogP contribution in [0.25, 0.3) is 0 Å². The fraction of sp³-hybridized carbons (Fsp3) is 0.455. The van der Waals surface area contributed by atoms with E-state index >= 15 is 0 Å². The summed E-state index contributed by atoms with van der Waals surface area (Å²) in [7, 11) is 0. The van der Waals surface area contributed by atoms with Gasteiger partial charge < -0.3 is 11.1 Å². The van der Waals surface area contributed by atoms with Gasteiger partial charge >= 0.3 is 0 Å². The van der Waals surface area contributed by atoms with E-state index in [1.807, 2.05) is 0 Å². The fourth-order valence-electron chi connectivity index (χ4n) is 1.93. The molecule has 1 aromatic carbocycles. The van der Waals surface area contributed by atoms with Crippen molar-refractivity contribution >= 4 is 28.3 Å². The van der Waals surface area contributed by atoms with Gasteiger partial charge in [-0.1, -0.05) is 0 Å². The minimum atomic E-state index is 0.399. The maximum Gasteiger partial charge on any atom is 0.0343 e. The van der Waals surface area contributed by atoms with Gasteiger partial charge in [-0.25, -0.2) is 0 Å². The Balaban J connectivity index is 1.94. The third kappa shape index (κ3) is 2.60. The number of hydrogen-bond acceptors (Lipinski definition) is 2. The summed E-state index contributed by atoms with van der Waals surface area (Å²) in [4.78, 5) is 0. The topological polar surface area (TPSA) is 38.0 Å². The van der Waals surface area contributed by atoms with Gasteiger partial charge in [0.05, 0.1) is 0 Å². The third-order valence-corrected chi connectivity index (χ3v) is 3.41. The molecule has 14 heavy (non-hydrogen) atoms. The Morgan fingerprint density at radius 1 is 1.21 bits per heavy atom. The molecule has 3 heteroatoms. The van der Waals surface area contributed by atoms with E-state index in [0.717, 1.165) is 12.8 Å². The van der Waals surface area contributed by atoms with E-state index < -0.39 is 0 Å². The fourth-order valence-corrected chi connectivity index (χ4v) is 2.29. The maximum atomic E-state index is 5.86. The van der Waals surface area contributed by atoms with Crippen LogP contribution in [0.1, 0.15) is 19.3 Å². The standard InChI is InChI=1S/C11H15IN2/c12-8-1-4-10(5-2-8)14-11-6-3-9(13)7-11/h1-2,4-5,9,11,14H,3,6-7,13H2. The lowest BCUT2D eigenvalue weighted by Crippen LogP contribution is -2.20. The molecule has 3 N–H and O–H groups in total. The second-order valence-corrected chi connectivity index (χ2v) is 5.17. The molecule has 76 valence electrons. The van der Waals surface area contributed by atoms with E-state index in [1.165, 1.54) is 15.7 Å².